The van der Waals surface area contributed by atoms with Gasteiger partial charge >= 0.3 is 0 Å². The summed E-state index contributed by atoms with van der Waals surface area (Å²) in [5.74, 6) is 1.47. The highest BCUT2D eigenvalue weighted by Gasteiger charge is 2.30. The standard InChI is InChI=1S/C31H35N5O/c1-21-14-24-16-26(37-3)17-30(31(24)33-19-21)36-12-10-35(11-13-36)25-7-5-23(6-8-25)28-20-34(2)29-9-4-22(18-32)15-27(28)29/h4,9,14-17,19-20,23,25H,5-8,10-13H2,1-3H3/t23-,25+. The number of fused-ring (bicyclic) bond motifs is 2. The summed E-state index contributed by atoms with van der Waals surface area (Å²) in [7, 11) is 3.86. The van der Waals surface area contributed by atoms with E-state index in [1.54, 1.807) is 7.11 Å². The Morgan fingerprint density at radius 3 is 2.51 bits per heavy atom. The van der Waals surface area contributed by atoms with Gasteiger partial charge in [0.1, 0.15) is 5.75 Å². The van der Waals surface area contributed by atoms with Gasteiger partial charge in [-0.3, -0.25) is 9.88 Å². The van der Waals surface area contributed by atoms with Crippen LogP contribution in [0.2, 0.25) is 0 Å². The largest absolute Gasteiger partial charge is 0.497 e. The Balaban J connectivity index is 1.12. The molecule has 6 rings (SSSR count). The van der Waals surface area contributed by atoms with Crippen molar-refractivity contribution in [3.8, 4) is 11.8 Å². The predicted octanol–water partition coefficient (Wildman–Crippen LogP) is 5.76. The van der Waals surface area contributed by atoms with Gasteiger partial charge in [-0.05, 0) is 80.0 Å². The number of aromatic nitrogens is 2. The first kappa shape index (κ1) is 23.8. The van der Waals surface area contributed by atoms with Crippen LogP contribution in [0.1, 0.15) is 48.3 Å². The number of pyridine rings is 1. The number of aryl methyl sites for hydroxylation is 2. The number of nitrogens with zero attached hydrogens (tertiary/aromatic N) is 5. The van der Waals surface area contributed by atoms with Gasteiger partial charge in [0.25, 0.3) is 0 Å². The van der Waals surface area contributed by atoms with Gasteiger partial charge in [-0.15, -0.1) is 0 Å². The van der Waals surface area contributed by atoms with Gasteiger partial charge in [0, 0.05) is 74.0 Å². The second-order valence-electron chi connectivity index (χ2n) is 10.8. The summed E-state index contributed by atoms with van der Waals surface area (Å²) in [4.78, 5) is 9.98. The molecule has 190 valence electrons. The fourth-order valence-electron chi connectivity index (χ4n) is 6.57. The van der Waals surface area contributed by atoms with Crippen LogP contribution in [0.3, 0.4) is 0 Å². The van der Waals surface area contributed by atoms with Crippen molar-refractivity contribution < 1.29 is 4.74 Å². The lowest BCUT2D eigenvalue weighted by Crippen LogP contribution is -2.51. The summed E-state index contributed by atoms with van der Waals surface area (Å²) in [5.41, 5.74) is 6.81. The van der Waals surface area contributed by atoms with Gasteiger partial charge in [0.05, 0.1) is 29.9 Å². The van der Waals surface area contributed by atoms with Crippen molar-refractivity contribution in [2.45, 2.75) is 44.6 Å². The fourth-order valence-corrected chi connectivity index (χ4v) is 6.57. The number of ether oxygens (including phenoxy) is 1. The quantitative estimate of drug-likeness (QED) is 0.362. The lowest BCUT2D eigenvalue weighted by molar-refractivity contribution is 0.141. The number of nitriles is 1. The summed E-state index contributed by atoms with van der Waals surface area (Å²) in [5, 5.41) is 11.8. The first-order valence-corrected chi connectivity index (χ1v) is 13.5. The number of methoxy groups -OCH3 is 1. The lowest BCUT2D eigenvalue weighted by Gasteiger charge is -2.42. The highest BCUT2D eigenvalue weighted by molar-refractivity contribution is 5.93. The van der Waals surface area contributed by atoms with E-state index in [9.17, 15) is 5.26 Å². The van der Waals surface area contributed by atoms with E-state index in [2.05, 4.69) is 70.9 Å². The molecule has 3 heterocycles. The maximum atomic E-state index is 9.39. The second kappa shape index (κ2) is 9.72. The zero-order chi connectivity index (χ0) is 25.5. The first-order valence-electron chi connectivity index (χ1n) is 13.5. The van der Waals surface area contributed by atoms with Gasteiger partial charge < -0.3 is 14.2 Å². The molecule has 1 saturated carbocycles. The Kier molecular flexibility index (Phi) is 6.26. The van der Waals surface area contributed by atoms with Crippen LogP contribution in [0.4, 0.5) is 5.69 Å². The Hall–Kier alpha value is -3.56. The molecule has 1 aliphatic heterocycles. The molecule has 2 aromatic carbocycles. The number of anilines is 1. The normalized spacial score (nSPS) is 20.9. The van der Waals surface area contributed by atoms with E-state index in [1.165, 1.54) is 53.4 Å². The van der Waals surface area contributed by atoms with Crippen LogP contribution >= 0.6 is 0 Å². The molecule has 0 bridgehead atoms. The van der Waals surface area contributed by atoms with Gasteiger partial charge in [0.2, 0.25) is 0 Å². The molecule has 4 aromatic rings. The van der Waals surface area contributed by atoms with Gasteiger partial charge in [-0.2, -0.15) is 5.26 Å². The highest BCUT2D eigenvalue weighted by atomic mass is 16.5. The van der Waals surface area contributed by atoms with E-state index in [4.69, 9.17) is 9.72 Å². The highest BCUT2D eigenvalue weighted by Crippen LogP contribution is 2.39. The van der Waals surface area contributed by atoms with E-state index in [0.29, 0.717) is 12.0 Å². The van der Waals surface area contributed by atoms with Crippen LogP contribution in [0.5, 0.6) is 5.75 Å². The lowest BCUT2D eigenvalue weighted by atomic mass is 9.81. The molecular formula is C31H35N5O. The van der Waals surface area contributed by atoms with Crippen molar-refractivity contribution in [2.24, 2.45) is 7.05 Å². The minimum atomic E-state index is 0.577. The third-order valence-corrected chi connectivity index (χ3v) is 8.57. The Labute approximate surface area is 219 Å². The van der Waals surface area contributed by atoms with Crippen molar-refractivity contribution in [3.63, 3.8) is 0 Å². The summed E-state index contributed by atoms with van der Waals surface area (Å²) in [6.07, 6.45) is 9.16. The number of hydrogen-bond donors (Lipinski definition) is 0. The van der Waals surface area contributed by atoms with Crippen LogP contribution < -0.4 is 9.64 Å². The van der Waals surface area contributed by atoms with Crippen LogP contribution in [-0.4, -0.2) is 53.8 Å². The summed E-state index contributed by atoms with van der Waals surface area (Å²) >= 11 is 0. The fraction of sp³-hybridized carbons (Fsp3) is 0.419. The molecule has 1 saturated heterocycles. The maximum Gasteiger partial charge on any atom is 0.121 e. The van der Waals surface area contributed by atoms with Crippen LogP contribution in [-0.2, 0) is 7.05 Å². The molecule has 0 unspecified atom stereocenters. The molecule has 0 amide bonds. The average molecular weight is 494 g/mol. The van der Waals surface area contributed by atoms with Crippen LogP contribution in [0.15, 0.2) is 48.8 Å². The monoisotopic (exact) mass is 493 g/mol. The molecule has 37 heavy (non-hydrogen) atoms. The third kappa shape index (κ3) is 4.42. The third-order valence-electron chi connectivity index (χ3n) is 8.57. The summed E-state index contributed by atoms with van der Waals surface area (Å²) in [6, 6.07) is 15.5. The van der Waals surface area contributed by atoms with Gasteiger partial charge in [0.15, 0.2) is 0 Å². The number of benzene rings is 2. The second-order valence-corrected chi connectivity index (χ2v) is 10.8. The van der Waals surface area contributed by atoms with Crippen LogP contribution in [0, 0.1) is 18.3 Å². The van der Waals surface area contributed by atoms with E-state index in [1.807, 2.05) is 12.3 Å². The Morgan fingerprint density at radius 1 is 1.00 bits per heavy atom. The Morgan fingerprint density at radius 2 is 1.78 bits per heavy atom. The van der Waals surface area contributed by atoms with Crippen molar-refractivity contribution in [1.29, 1.82) is 5.26 Å². The van der Waals surface area contributed by atoms with E-state index in [0.717, 1.165) is 48.4 Å². The Bertz CT molecular complexity index is 1480. The minimum absolute atomic E-state index is 0.577. The van der Waals surface area contributed by atoms with E-state index >= 15 is 0 Å². The SMILES string of the molecule is COc1cc(N2CCN([C@H]3CC[C@@H](c4cn(C)c5ccc(C#N)cc54)CC3)CC2)c2ncc(C)cc2c1. The van der Waals surface area contributed by atoms with Crippen LogP contribution in [0.25, 0.3) is 21.8 Å². The van der Waals surface area contributed by atoms with Crippen molar-refractivity contribution in [2.75, 3.05) is 38.2 Å². The molecule has 0 N–H and O–H groups in total. The molecule has 0 atom stereocenters. The first-order chi connectivity index (χ1) is 18.0. The zero-order valence-electron chi connectivity index (χ0n) is 22.1. The minimum Gasteiger partial charge on any atom is -0.497 e. The molecular weight excluding hydrogens is 458 g/mol. The molecule has 1 aliphatic carbocycles. The molecule has 0 spiro atoms. The zero-order valence-corrected chi connectivity index (χ0v) is 22.1. The topological polar surface area (TPSA) is 57.3 Å². The number of piperazine rings is 1. The molecule has 2 fully saturated rings. The number of rotatable bonds is 4. The summed E-state index contributed by atoms with van der Waals surface area (Å²) < 4.78 is 7.83. The van der Waals surface area contributed by atoms with Crippen molar-refractivity contribution >= 4 is 27.5 Å². The summed E-state index contributed by atoms with van der Waals surface area (Å²) in [6.45, 7) is 6.28. The maximum absolute atomic E-state index is 9.39. The molecule has 6 heteroatoms. The van der Waals surface area contributed by atoms with E-state index < -0.39 is 0 Å². The number of hydrogen-bond acceptors (Lipinski definition) is 5. The molecule has 2 aliphatic rings. The molecule has 0 radical (unpaired) electrons. The predicted molar refractivity (Wildman–Crippen MR) is 149 cm³/mol. The van der Waals surface area contributed by atoms with E-state index in [-0.39, 0.29) is 0 Å². The van der Waals surface area contributed by atoms with Crippen molar-refractivity contribution in [1.82, 2.24) is 14.5 Å². The molecule has 2 aromatic heterocycles. The average Bonchev–Trinajstić information content (AvgIpc) is 3.27. The van der Waals surface area contributed by atoms with Gasteiger partial charge in [-0.25, -0.2) is 0 Å². The van der Waals surface area contributed by atoms with Crippen molar-refractivity contribution in [3.05, 3.63) is 65.5 Å². The van der Waals surface area contributed by atoms with Gasteiger partial charge in [-0.1, -0.05) is 0 Å². The molecule has 6 nitrogen and oxygen atoms in total. The smallest absolute Gasteiger partial charge is 0.121 e.